The molecule has 0 unspecified atom stereocenters. The molecule has 2 heterocycles. The van der Waals surface area contributed by atoms with E-state index < -0.39 is 0 Å². The Kier molecular flexibility index (Phi) is 4.46. The highest BCUT2D eigenvalue weighted by atomic mass is 16.2. The average Bonchev–Trinajstić information content (AvgIpc) is 3.03. The van der Waals surface area contributed by atoms with Gasteiger partial charge in [-0.1, -0.05) is 11.6 Å². The van der Waals surface area contributed by atoms with Crippen molar-refractivity contribution in [3.8, 4) is 0 Å². The maximum Gasteiger partial charge on any atom is 0.250 e. The van der Waals surface area contributed by atoms with Gasteiger partial charge in [0.25, 0.3) is 5.56 Å². The number of hydrogen-bond acceptors (Lipinski definition) is 2. The van der Waals surface area contributed by atoms with Crippen LogP contribution >= 0.6 is 0 Å². The zero-order valence-electron chi connectivity index (χ0n) is 13.3. The van der Waals surface area contributed by atoms with E-state index in [0.29, 0.717) is 12.3 Å². The van der Waals surface area contributed by atoms with E-state index >= 15 is 0 Å². The van der Waals surface area contributed by atoms with Gasteiger partial charge in [-0.05, 0) is 49.7 Å². The summed E-state index contributed by atoms with van der Waals surface area (Å²) in [6.07, 6.45) is 10.0. The topological polar surface area (TPSA) is 42.3 Å². The maximum atomic E-state index is 12.3. The molecule has 118 valence electrons. The zero-order chi connectivity index (χ0) is 15.5. The molecule has 1 amide bonds. The fourth-order valence-corrected chi connectivity index (χ4v) is 3.48. The first-order chi connectivity index (χ1) is 10.6. The van der Waals surface area contributed by atoms with Crippen molar-refractivity contribution in [2.24, 2.45) is 7.05 Å². The fraction of sp³-hybridized carbons (Fsp3) is 0.556. The van der Waals surface area contributed by atoms with E-state index in [4.69, 9.17) is 0 Å². The summed E-state index contributed by atoms with van der Waals surface area (Å²) in [6.45, 7) is 1.62. The first-order valence-electron chi connectivity index (χ1n) is 8.26. The Morgan fingerprint density at radius 2 is 2.09 bits per heavy atom. The molecule has 1 fully saturated rings. The van der Waals surface area contributed by atoms with Crippen molar-refractivity contribution in [1.82, 2.24) is 9.47 Å². The van der Waals surface area contributed by atoms with Gasteiger partial charge in [0.1, 0.15) is 0 Å². The van der Waals surface area contributed by atoms with Crippen LogP contribution in [0.4, 0.5) is 0 Å². The van der Waals surface area contributed by atoms with Gasteiger partial charge < -0.3 is 9.47 Å². The minimum absolute atomic E-state index is 0.0455. The van der Waals surface area contributed by atoms with Crippen molar-refractivity contribution in [3.05, 3.63) is 45.9 Å². The third-order valence-corrected chi connectivity index (χ3v) is 4.96. The first kappa shape index (κ1) is 15.1. The molecule has 1 aromatic heterocycles. The van der Waals surface area contributed by atoms with Gasteiger partial charge >= 0.3 is 0 Å². The lowest BCUT2D eigenvalue weighted by Gasteiger charge is -2.32. The monoisotopic (exact) mass is 300 g/mol. The molecule has 0 spiro atoms. The van der Waals surface area contributed by atoms with Crippen LogP contribution in [0.5, 0.6) is 0 Å². The minimum atomic E-state index is 0.0455. The Bertz CT molecular complexity index is 637. The third kappa shape index (κ3) is 3.32. The van der Waals surface area contributed by atoms with Crippen molar-refractivity contribution in [2.75, 3.05) is 13.1 Å². The molecular formula is C18H24N2O2. The SMILES string of the molecule is Cn1ccc(C2CCN(C(=O)CC3=CCCC3)CC2)cc1=O. The van der Waals surface area contributed by atoms with Crippen molar-refractivity contribution in [2.45, 2.75) is 44.4 Å². The second-order valence-electron chi connectivity index (χ2n) is 6.50. The van der Waals surface area contributed by atoms with E-state index in [-0.39, 0.29) is 11.5 Å². The van der Waals surface area contributed by atoms with Gasteiger partial charge in [-0.3, -0.25) is 9.59 Å². The number of pyridine rings is 1. The van der Waals surface area contributed by atoms with E-state index in [0.717, 1.165) is 44.3 Å². The molecule has 1 aliphatic heterocycles. The van der Waals surface area contributed by atoms with Crippen LogP contribution in [0.1, 0.15) is 50.0 Å². The second-order valence-corrected chi connectivity index (χ2v) is 6.50. The van der Waals surface area contributed by atoms with Crippen LogP contribution < -0.4 is 5.56 Å². The van der Waals surface area contributed by atoms with E-state index in [9.17, 15) is 9.59 Å². The molecule has 1 aromatic rings. The molecule has 3 rings (SSSR count). The van der Waals surface area contributed by atoms with Crippen LogP contribution in [0.25, 0.3) is 0 Å². The van der Waals surface area contributed by atoms with E-state index in [2.05, 4.69) is 6.08 Å². The molecule has 0 aromatic carbocycles. The Labute approximate surface area is 131 Å². The van der Waals surface area contributed by atoms with Crippen molar-refractivity contribution in [3.63, 3.8) is 0 Å². The molecule has 4 heteroatoms. The van der Waals surface area contributed by atoms with Crippen molar-refractivity contribution >= 4 is 5.91 Å². The number of rotatable bonds is 3. The summed E-state index contributed by atoms with van der Waals surface area (Å²) in [5.74, 6) is 0.680. The van der Waals surface area contributed by atoms with Gasteiger partial charge in [0, 0.05) is 38.8 Å². The van der Waals surface area contributed by atoms with Gasteiger partial charge in [-0.15, -0.1) is 0 Å². The maximum absolute atomic E-state index is 12.3. The van der Waals surface area contributed by atoms with Gasteiger partial charge in [0.05, 0.1) is 0 Å². The molecule has 22 heavy (non-hydrogen) atoms. The number of amides is 1. The van der Waals surface area contributed by atoms with Crippen LogP contribution in [0.2, 0.25) is 0 Å². The van der Waals surface area contributed by atoms with Gasteiger partial charge in [0.15, 0.2) is 0 Å². The highest BCUT2D eigenvalue weighted by Crippen LogP contribution is 2.28. The standard InChI is InChI=1S/C18H24N2O2/c1-19-9-6-16(13-17(19)21)15-7-10-20(11-8-15)18(22)12-14-4-2-3-5-14/h4,6,9,13,15H,2-3,5,7-8,10-12H2,1H3. The smallest absolute Gasteiger partial charge is 0.250 e. The van der Waals surface area contributed by atoms with Crippen molar-refractivity contribution in [1.29, 1.82) is 0 Å². The van der Waals surface area contributed by atoms with E-state index in [1.807, 2.05) is 17.2 Å². The van der Waals surface area contributed by atoms with Gasteiger partial charge in [-0.25, -0.2) is 0 Å². The van der Waals surface area contributed by atoms with Crippen molar-refractivity contribution < 1.29 is 4.79 Å². The number of nitrogens with zero attached hydrogens (tertiary/aromatic N) is 2. The second kappa shape index (κ2) is 6.51. The summed E-state index contributed by atoms with van der Waals surface area (Å²) >= 11 is 0. The minimum Gasteiger partial charge on any atom is -0.342 e. The number of piperidine rings is 1. The third-order valence-electron chi connectivity index (χ3n) is 4.96. The van der Waals surface area contributed by atoms with E-state index in [1.54, 1.807) is 17.7 Å². The van der Waals surface area contributed by atoms with Gasteiger partial charge in [-0.2, -0.15) is 0 Å². The normalized spacial score (nSPS) is 19.3. The summed E-state index contributed by atoms with van der Waals surface area (Å²) in [5, 5.41) is 0. The Morgan fingerprint density at radius 1 is 1.32 bits per heavy atom. The van der Waals surface area contributed by atoms with Crippen LogP contribution in [0.15, 0.2) is 34.8 Å². The number of hydrogen-bond donors (Lipinski definition) is 0. The predicted octanol–water partition coefficient (Wildman–Crippen LogP) is 2.59. The molecule has 0 bridgehead atoms. The zero-order valence-corrected chi connectivity index (χ0v) is 13.3. The number of aromatic nitrogens is 1. The molecule has 2 aliphatic rings. The lowest BCUT2D eigenvalue weighted by atomic mass is 9.90. The summed E-state index contributed by atoms with van der Waals surface area (Å²) in [4.78, 5) is 26.1. The Balaban J connectivity index is 1.56. The van der Waals surface area contributed by atoms with Crippen LogP contribution in [-0.2, 0) is 11.8 Å². The number of likely N-dealkylation sites (tertiary alicyclic amines) is 1. The Hall–Kier alpha value is -1.84. The van der Waals surface area contributed by atoms with Crippen LogP contribution in [0, 0.1) is 0 Å². The molecule has 0 atom stereocenters. The van der Waals surface area contributed by atoms with Crippen LogP contribution in [0.3, 0.4) is 0 Å². The lowest BCUT2D eigenvalue weighted by Crippen LogP contribution is -2.38. The molecule has 1 saturated heterocycles. The molecule has 0 N–H and O–H groups in total. The lowest BCUT2D eigenvalue weighted by molar-refractivity contribution is -0.131. The molecule has 1 aliphatic carbocycles. The largest absolute Gasteiger partial charge is 0.342 e. The van der Waals surface area contributed by atoms with Crippen LogP contribution in [-0.4, -0.2) is 28.5 Å². The molecular weight excluding hydrogens is 276 g/mol. The Morgan fingerprint density at radius 3 is 2.73 bits per heavy atom. The molecule has 0 radical (unpaired) electrons. The first-order valence-corrected chi connectivity index (χ1v) is 8.26. The van der Waals surface area contributed by atoms with E-state index in [1.165, 1.54) is 12.0 Å². The summed E-state index contributed by atoms with van der Waals surface area (Å²) in [6, 6.07) is 3.78. The highest BCUT2D eigenvalue weighted by molar-refractivity contribution is 5.79. The number of allylic oxidation sites excluding steroid dienone is 1. The highest BCUT2D eigenvalue weighted by Gasteiger charge is 2.24. The molecule has 4 nitrogen and oxygen atoms in total. The summed E-state index contributed by atoms with van der Waals surface area (Å²) in [5.41, 5.74) is 2.48. The number of carbonyl (C=O) groups excluding carboxylic acids is 1. The summed E-state index contributed by atoms with van der Waals surface area (Å²) < 4.78 is 1.59. The predicted molar refractivity (Wildman–Crippen MR) is 86.8 cm³/mol. The average molecular weight is 300 g/mol. The van der Waals surface area contributed by atoms with Gasteiger partial charge in [0.2, 0.25) is 5.91 Å². The number of carbonyl (C=O) groups is 1. The number of aryl methyl sites for hydroxylation is 1. The fourth-order valence-electron chi connectivity index (χ4n) is 3.48. The molecule has 0 saturated carbocycles. The summed E-state index contributed by atoms with van der Waals surface area (Å²) in [7, 11) is 1.77. The quantitative estimate of drug-likeness (QED) is 0.805.